The Labute approximate surface area is 125 Å². The fraction of sp³-hybridized carbons (Fsp3) is 0.688. The van der Waals surface area contributed by atoms with Crippen LogP contribution in [0.1, 0.15) is 48.7 Å². The molecule has 3 rings (SSSR count). The first-order valence-corrected chi connectivity index (χ1v) is 7.65. The maximum atomic E-state index is 12.8. The van der Waals surface area contributed by atoms with E-state index in [1.165, 1.54) is 6.33 Å². The number of fused-ring (bicyclic) bond motifs is 1. The molecule has 0 N–H and O–H groups in total. The van der Waals surface area contributed by atoms with Crippen LogP contribution in [0.25, 0.3) is 0 Å². The fourth-order valence-corrected chi connectivity index (χ4v) is 3.98. The van der Waals surface area contributed by atoms with Gasteiger partial charge in [0.05, 0.1) is 17.4 Å². The van der Waals surface area contributed by atoms with Gasteiger partial charge in [0.25, 0.3) is 5.91 Å². The normalized spacial score (nSPS) is 32.0. The lowest BCUT2D eigenvalue weighted by molar-refractivity contribution is -0.00280. The molecule has 0 radical (unpaired) electrons. The van der Waals surface area contributed by atoms with Crippen molar-refractivity contribution in [1.29, 1.82) is 0 Å². The monoisotopic (exact) mass is 289 g/mol. The molecule has 1 aliphatic heterocycles. The molecule has 0 spiro atoms. The summed E-state index contributed by atoms with van der Waals surface area (Å²) in [5, 5.41) is 0. The van der Waals surface area contributed by atoms with Gasteiger partial charge in [-0.1, -0.05) is 6.92 Å². The van der Waals surface area contributed by atoms with Crippen LogP contribution in [-0.2, 0) is 4.74 Å². The van der Waals surface area contributed by atoms with Gasteiger partial charge in [0, 0.05) is 25.9 Å². The van der Waals surface area contributed by atoms with Crippen LogP contribution in [0.4, 0.5) is 0 Å². The van der Waals surface area contributed by atoms with Crippen LogP contribution in [0.3, 0.4) is 0 Å². The molecule has 21 heavy (non-hydrogen) atoms. The number of amides is 1. The van der Waals surface area contributed by atoms with Crippen molar-refractivity contribution >= 4 is 5.91 Å². The Morgan fingerprint density at radius 3 is 3.00 bits per heavy atom. The van der Waals surface area contributed by atoms with Crippen molar-refractivity contribution in [2.75, 3.05) is 13.7 Å². The number of methoxy groups -OCH3 is 1. The molecule has 2 heterocycles. The summed E-state index contributed by atoms with van der Waals surface area (Å²) < 4.78 is 5.54. The van der Waals surface area contributed by atoms with Gasteiger partial charge in [-0.3, -0.25) is 4.79 Å². The Kier molecular flexibility index (Phi) is 3.69. The smallest absolute Gasteiger partial charge is 0.257 e. The first kappa shape index (κ1) is 14.4. The molecule has 1 aromatic heterocycles. The van der Waals surface area contributed by atoms with Gasteiger partial charge >= 0.3 is 0 Å². The van der Waals surface area contributed by atoms with Gasteiger partial charge in [0.2, 0.25) is 0 Å². The number of carbonyl (C=O) groups excluding carboxylic acids is 1. The topological polar surface area (TPSA) is 55.3 Å². The average Bonchev–Trinajstić information content (AvgIpc) is 2.83. The summed E-state index contributed by atoms with van der Waals surface area (Å²) in [4.78, 5) is 23.0. The largest absolute Gasteiger partial charge is 0.381 e. The van der Waals surface area contributed by atoms with Gasteiger partial charge in [-0.15, -0.1) is 0 Å². The van der Waals surface area contributed by atoms with Gasteiger partial charge in [0.15, 0.2) is 0 Å². The number of aryl methyl sites for hydroxylation is 1. The van der Waals surface area contributed by atoms with Crippen LogP contribution in [0.15, 0.2) is 12.5 Å². The minimum absolute atomic E-state index is 0.0812. The van der Waals surface area contributed by atoms with Crippen molar-refractivity contribution in [3.05, 3.63) is 23.8 Å². The van der Waals surface area contributed by atoms with E-state index in [-0.39, 0.29) is 11.3 Å². The summed E-state index contributed by atoms with van der Waals surface area (Å²) in [6.45, 7) is 4.99. The quantitative estimate of drug-likeness (QED) is 0.837. The lowest BCUT2D eigenvalue weighted by Gasteiger charge is -2.42. The van der Waals surface area contributed by atoms with E-state index in [2.05, 4.69) is 16.9 Å². The lowest BCUT2D eigenvalue weighted by atomic mass is 9.71. The van der Waals surface area contributed by atoms with E-state index in [0.29, 0.717) is 17.7 Å². The molecule has 114 valence electrons. The van der Waals surface area contributed by atoms with E-state index in [0.717, 1.165) is 37.9 Å². The van der Waals surface area contributed by atoms with E-state index >= 15 is 0 Å². The molecule has 0 unspecified atom stereocenters. The van der Waals surface area contributed by atoms with Crippen LogP contribution >= 0.6 is 0 Å². The molecule has 3 atom stereocenters. The van der Waals surface area contributed by atoms with Crippen molar-refractivity contribution in [2.45, 2.75) is 51.7 Å². The van der Waals surface area contributed by atoms with E-state index in [1.54, 1.807) is 13.3 Å². The van der Waals surface area contributed by atoms with E-state index in [4.69, 9.17) is 4.74 Å². The molecule has 1 aromatic rings. The van der Waals surface area contributed by atoms with Crippen molar-refractivity contribution in [3.8, 4) is 0 Å². The zero-order valence-electron chi connectivity index (χ0n) is 13.0. The van der Waals surface area contributed by atoms with Crippen molar-refractivity contribution in [1.82, 2.24) is 14.9 Å². The summed E-state index contributed by atoms with van der Waals surface area (Å²) in [6, 6.07) is 0.316. The molecule has 0 bridgehead atoms. The van der Waals surface area contributed by atoms with Crippen LogP contribution in [0.5, 0.6) is 0 Å². The molecule has 5 nitrogen and oxygen atoms in total. The van der Waals surface area contributed by atoms with Crippen LogP contribution in [0, 0.1) is 12.3 Å². The molecule has 2 aliphatic rings. The number of likely N-dealkylation sites (tertiary alicyclic amines) is 1. The van der Waals surface area contributed by atoms with Crippen LogP contribution < -0.4 is 0 Å². The molecule has 2 fully saturated rings. The SMILES string of the molecule is CO[C@@H]1CC[C@H]2N(C(=O)c3cncnc3C)CC[C@@]2(C)C1. The second-order valence-electron chi connectivity index (χ2n) is 6.58. The van der Waals surface area contributed by atoms with Crippen molar-refractivity contribution < 1.29 is 9.53 Å². The summed E-state index contributed by atoms with van der Waals surface area (Å²) in [7, 11) is 1.79. The predicted octanol–water partition coefficient (Wildman–Crippen LogP) is 2.20. The number of hydrogen-bond donors (Lipinski definition) is 0. The number of carbonyl (C=O) groups is 1. The zero-order chi connectivity index (χ0) is 15.0. The Bertz CT molecular complexity index is 548. The summed E-state index contributed by atoms with van der Waals surface area (Å²) in [6.07, 6.45) is 7.62. The third kappa shape index (κ3) is 2.44. The second kappa shape index (κ2) is 5.37. The maximum absolute atomic E-state index is 12.8. The van der Waals surface area contributed by atoms with E-state index in [1.807, 2.05) is 11.8 Å². The third-order valence-electron chi connectivity index (χ3n) is 5.30. The molecular formula is C16H23N3O2. The number of aromatic nitrogens is 2. The molecule has 0 aromatic carbocycles. The first-order chi connectivity index (χ1) is 10.0. The van der Waals surface area contributed by atoms with Gasteiger partial charge in [-0.05, 0) is 38.0 Å². The number of hydrogen-bond acceptors (Lipinski definition) is 4. The van der Waals surface area contributed by atoms with Gasteiger partial charge in [-0.2, -0.15) is 0 Å². The number of rotatable bonds is 2. The van der Waals surface area contributed by atoms with E-state index < -0.39 is 0 Å². The van der Waals surface area contributed by atoms with Gasteiger partial charge in [-0.25, -0.2) is 9.97 Å². The molecular weight excluding hydrogens is 266 g/mol. The zero-order valence-corrected chi connectivity index (χ0v) is 13.0. The van der Waals surface area contributed by atoms with Crippen LogP contribution in [-0.4, -0.2) is 46.6 Å². The third-order valence-corrected chi connectivity index (χ3v) is 5.30. The summed E-state index contributed by atoms with van der Waals surface area (Å²) >= 11 is 0. The molecule has 1 saturated carbocycles. The fourth-order valence-electron chi connectivity index (χ4n) is 3.98. The predicted molar refractivity (Wildman–Crippen MR) is 79.0 cm³/mol. The highest BCUT2D eigenvalue weighted by Crippen LogP contribution is 2.47. The molecule has 1 amide bonds. The Morgan fingerprint density at radius 2 is 2.29 bits per heavy atom. The standard InChI is InChI=1S/C16H23N3O2/c1-11-13(9-17-10-18-11)15(20)19-7-6-16(2)8-12(21-3)4-5-14(16)19/h9-10,12,14H,4-8H2,1-3H3/t12-,14-,16+/m1/s1. The number of nitrogens with zero attached hydrogens (tertiary/aromatic N) is 3. The summed E-state index contributed by atoms with van der Waals surface area (Å²) in [5.74, 6) is 0.0812. The highest BCUT2D eigenvalue weighted by molar-refractivity contribution is 5.95. The van der Waals surface area contributed by atoms with Crippen LogP contribution in [0.2, 0.25) is 0 Å². The Morgan fingerprint density at radius 1 is 1.48 bits per heavy atom. The second-order valence-corrected chi connectivity index (χ2v) is 6.58. The summed E-state index contributed by atoms with van der Waals surface area (Å²) in [5.41, 5.74) is 1.57. The van der Waals surface area contributed by atoms with E-state index in [9.17, 15) is 4.79 Å². The minimum Gasteiger partial charge on any atom is -0.381 e. The van der Waals surface area contributed by atoms with Crippen molar-refractivity contribution in [2.24, 2.45) is 5.41 Å². The molecule has 5 heteroatoms. The molecule has 1 aliphatic carbocycles. The Hall–Kier alpha value is -1.49. The number of ether oxygens (including phenoxy) is 1. The van der Waals surface area contributed by atoms with Gasteiger partial charge in [0.1, 0.15) is 6.33 Å². The molecule has 1 saturated heterocycles. The highest BCUT2D eigenvalue weighted by Gasteiger charge is 2.49. The lowest BCUT2D eigenvalue weighted by Crippen LogP contribution is -2.46. The average molecular weight is 289 g/mol. The highest BCUT2D eigenvalue weighted by atomic mass is 16.5. The first-order valence-electron chi connectivity index (χ1n) is 7.65. The maximum Gasteiger partial charge on any atom is 0.257 e. The minimum atomic E-state index is 0.0812. The van der Waals surface area contributed by atoms with Gasteiger partial charge < -0.3 is 9.64 Å². The Balaban J connectivity index is 1.82. The van der Waals surface area contributed by atoms with Crippen molar-refractivity contribution in [3.63, 3.8) is 0 Å².